The number of rotatable bonds is 5. The van der Waals surface area contributed by atoms with Crippen LogP contribution in [-0.4, -0.2) is 32.3 Å². The van der Waals surface area contributed by atoms with Crippen LogP contribution in [0.25, 0.3) is 0 Å². The Balaban J connectivity index is 1.85. The second-order valence-corrected chi connectivity index (χ2v) is 4.41. The van der Waals surface area contributed by atoms with Crippen molar-refractivity contribution < 1.29 is 18.6 Å². The molecule has 0 aliphatic carbocycles. The molecule has 1 heterocycles. The van der Waals surface area contributed by atoms with Crippen LogP contribution in [0.15, 0.2) is 30.3 Å². The van der Waals surface area contributed by atoms with Crippen LogP contribution in [-0.2, 0) is 20.8 Å². The molecule has 0 aromatic heterocycles. The molecule has 0 spiro atoms. The molecular weight excluding hydrogens is 235 g/mol. The summed E-state index contributed by atoms with van der Waals surface area (Å²) in [5.41, 5.74) is 1.09. The monoisotopic (exact) mass is 254 g/mol. The van der Waals surface area contributed by atoms with Crippen molar-refractivity contribution in [3.05, 3.63) is 35.9 Å². The molecule has 0 N–H and O–H groups in total. The SMILES string of the molecule is CO[C@@H]1CC[C@@H](OCc2ccccc2)[C@H](CF)O1. The lowest BCUT2D eigenvalue weighted by Crippen LogP contribution is -2.42. The number of alkyl halides is 1. The molecule has 2 rings (SSSR count). The minimum atomic E-state index is -0.542. The van der Waals surface area contributed by atoms with Crippen LogP contribution in [0.1, 0.15) is 18.4 Å². The summed E-state index contributed by atoms with van der Waals surface area (Å²) in [5, 5.41) is 0. The van der Waals surface area contributed by atoms with Crippen molar-refractivity contribution >= 4 is 0 Å². The van der Waals surface area contributed by atoms with E-state index >= 15 is 0 Å². The first-order chi connectivity index (χ1) is 8.83. The van der Waals surface area contributed by atoms with Crippen molar-refractivity contribution in [2.75, 3.05) is 13.8 Å². The summed E-state index contributed by atoms with van der Waals surface area (Å²) in [4.78, 5) is 0. The zero-order valence-corrected chi connectivity index (χ0v) is 10.5. The molecule has 3 atom stereocenters. The highest BCUT2D eigenvalue weighted by Gasteiger charge is 2.31. The van der Waals surface area contributed by atoms with Crippen LogP contribution in [0.4, 0.5) is 4.39 Å². The maximum absolute atomic E-state index is 12.9. The van der Waals surface area contributed by atoms with Crippen LogP contribution in [0.5, 0.6) is 0 Å². The van der Waals surface area contributed by atoms with Crippen molar-refractivity contribution in [3.63, 3.8) is 0 Å². The van der Waals surface area contributed by atoms with Gasteiger partial charge in [0.05, 0.1) is 12.7 Å². The largest absolute Gasteiger partial charge is 0.371 e. The van der Waals surface area contributed by atoms with Gasteiger partial charge < -0.3 is 14.2 Å². The average Bonchev–Trinajstić information content (AvgIpc) is 2.46. The molecule has 18 heavy (non-hydrogen) atoms. The second-order valence-electron chi connectivity index (χ2n) is 4.41. The molecule has 0 saturated carbocycles. The van der Waals surface area contributed by atoms with E-state index in [0.29, 0.717) is 6.61 Å². The lowest BCUT2D eigenvalue weighted by atomic mass is 10.1. The molecular formula is C14H19FO3. The summed E-state index contributed by atoms with van der Waals surface area (Å²) in [6.45, 7) is -0.0532. The van der Waals surface area contributed by atoms with Crippen LogP contribution in [0, 0.1) is 0 Å². The highest BCUT2D eigenvalue weighted by Crippen LogP contribution is 2.24. The molecule has 1 aromatic carbocycles. The quantitative estimate of drug-likeness (QED) is 0.808. The summed E-state index contributed by atoms with van der Waals surface area (Å²) in [5.74, 6) is 0. The molecule has 1 saturated heterocycles. The van der Waals surface area contributed by atoms with Gasteiger partial charge >= 0.3 is 0 Å². The van der Waals surface area contributed by atoms with E-state index in [1.54, 1.807) is 7.11 Å². The summed E-state index contributed by atoms with van der Waals surface area (Å²) in [6, 6.07) is 9.87. The molecule has 0 unspecified atom stereocenters. The Morgan fingerprint density at radius 1 is 1.28 bits per heavy atom. The second kappa shape index (κ2) is 6.83. The Labute approximate surface area is 107 Å². The predicted molar refractivity (Wildman–Crippen MR) is 65.9 cm³/mol. The Morgan fingerprint density at radius 3 is 2.72 bits per heavy atom. The number of methoxy groups -OCH3 is 1. The van der Waals surface area contributed by atoms with Gasteiger partial charge in [0.25, 0.3) is 0 Å². The highest BCUT2D eigenvalue weighted by atomic mass is 19.1. The van der Waals surface area contributed by atoms with Gasteiger partial charge in [-0.15, -0.1) is 0 Å². The molecule has 0 radical (unpaired) electrons. The van der Waals surface area contributed by atoms with E-state index in [4.69, 9.17) is 14.2 Å². The number of halogens is 1. The molecule has 0 amide bonds. The summed E-state index contributed by atoms with van der Waals surface area (Å²) >= 11 is 0. The zero-order valence-electron chi connectivity index (χ0n) is 10.5. The van der Waals surface area contributed by atoms with Crippen LogP contribution < -0.4 is 0 Å². The van der Waals surface area contributed by atoms with Crippen LogP contribution in [0.2, 0.25) is 0 Å². The van der Waals surface area contributed by atoms with Crippen LogP contribution >= 0.6 is 0 Å². The molecule has 4 heteroatoms. The van der Waals surface area contributed by atoms with Crippen LogP contribution in [0.3, 0.4) is 0 Å². The van der Waals surface area contributed by atoms with Gasteiger partial charge in [0, 0.05) is 13.5 Å². The topological polar surface area (TPSA) is 27.7 Å². The maximum Gasteiger partial charge on any atom is 0.157 e. The van der Waals surface area contributed by atoms with Gasteiger partial charge in [-0.1, -0.05) is 30.3 Å². The summed E-state index contributed by atoms with van der Waals surface area (Å²) < 4.78 is 29.2. The van der Waals surface area contributed by atoms with E-state index in [9.17, 15) is 4.39 Å². The van der Waals surface area contributed by atoms with Crippen molar-refractivity contribution in [2.45, 2.75) is 37.9 Å². The summed E-state index contributed by atoms with van der Waals surface area (Å²) in [7, 11) is 1.57. The average molecular weight is 254 g/mol. The fraction of sp³-hybridized carbons (Fsp3) is 0.571. The molecule has 3 nitrogen and oxygen atoms in total. The van der Waals surface area contributed by atoms with Gasteiger partial charge in [0.15, 0.2) is 6.29 Å². The van der Waals surface area contributed by atoms with Gasteiger partial charge in [-0.05, 0) is 12.0 Å². The first-order valence-corrected chi connectivity index (χ1v) is 6.23. The van der Waals surface area contributed by atoms with E-state index in [1.807, 2.05) is 30.3 Å². The van der Waals surface area contributed by atoms with E-state index < -0.39 is 12.8 Å². The Bertz CT molecular complexity index is 344. The summed E-state index contributed by atoms with van der Waals surface area (Å²) in [6.07, 6.45) is 0.489. The van der Waals surface area contributed by atoms with Crippen molar-refractivity contribution in [1.29, 1.82) is 0 Å². The third-order valence-corrected chi connectivity index (χ3v) is 3.15. The first-order valence-electron chi connectivity index (χ1n) is 6.23. The van der Waals surface area contributed by atoms with Crippen molar-refractivity contribution in [1.82, 2.24) is 0 Å². The third kappa shape index (κ3) is 3.51. The fourth-order valence-corrected chi connectivity index (χ4v) is 2.11. The number of ether oxygens (including phenoxy) is 3. The smallest absolute Gasteiger partial charge is 0.157 e. The fourth-order valence-electron chi connectivity index (χ4n) is 2.11. The normalized spacial score (nSPS) is 28.2. The van der Waals surface area contributed by atoms with Gasteiger partial charge in [0.2, 0.25) is 0 Å². The molecule has 100 valence electrons. The van der Waals surface area contributed by atoms with Gasteiger partial charge in [0.1, 0.15) is 12.8 Å². The minimum absolute atomic E-state index is 0.193. The molecule has 1 aliphatic heterocycles. The van der Waals surface area contributed by atoms with E-state index in [1.165, 1.54) is 0 Å². The molecule has 1 aromatic rings. The minimum Gasteiger partial charge on any atom is -0.371 e. The Hall–Kier alpha value is -0.970. The predicted octanol–water partition coefficient (Wildman–Crippen LogP) is 2.69. The van der Waals surface area contributed by atoms with Gasteiger partial charge in [-0.3, -0.25) is 0 Å². The van der Waals surface area contributed by atoms with Crippen molar-refractivity contribution in [3.8, 4) is 0 Å². The Morgan fingerprint density at radius 2 is 2.06 bits per heavy atom. The third-order valence-electron chi connectivity index (χ3n) is 3.15. The lowest BCUT2D eigenvalue weighted by molar-refractivity contribution is -0.225. The highest BCUT2D eigenvalue weighted by molar-refractivity contribution is 5.13. The first kappa shape index (κ1) is 13.5. The van der Waals surface area contributed by atoms with Gasteiger partial charge in [-0.25, -0.2) is 4.39 Å². The van der Waals surface area contributed by atoms with E-state index in [2.05, 4.69) is 0 Å². The van der Waals surface area contributed by atoms with Gasteiger partial charge in [-0.2, -0.15) is 0 Å². The molecule has 1 fully saturated rings. The zero-order chi connectivity index (χ0) is 12.8. The van der Waals surface area contributed by atoms with Crippen molar-refractivity contribution in [2.24, 2.45) is 0 Å². The molecule has 0 bridgehead atoms. The number of hydrogen-bond acceptors (Lipinski definition) is 3. The maximum atomic E-state index is 12.9. The number of benzene rings is 1. The standard InChI is InChI=1S/C14H19FO3/c1-16-14-8-7-12(13(9-15)18-14)17-10-11-5-3-2-4-6-11/h2-6,12-14H,7-10H2,1H3/t12-,13+,14+/m1/s1. The molecule has 1 aliphatic rings. The lowest BCUT2D eigenvalue weighted by Gasteiger charge is -2.34. The van der Waals surface area contributed by atoms with E-state index in [0.717, 1.165) is 18.4 Å². The number of hydrogen-bond donors (Lipinski definition) is 0. The van der Waals surface area contributed by atoms with E-state index in [-0.39, 0.29) is 12.4 Å². The Kier molecular flexibility index (Phi) is 5.11.